The number of aryl methyl sites for hydroxylation is 1. The minimum Gasteiger partial charge on any atom is -0.347 e. The highest BCUT2D eigenvalue weighted by atomic mass is 16.2. The SMILES string of the molecule is Cc1ccc2ncccc2c1CNC(=O)c1c[nH]c(=O)cn1. The van der Waals surface area contributed by atoms with Crippen molar-refractivity contribution in [3.05, 3.63) is 70.0 Å². The van der Waals surface area contributed by atoms with E-state index in [0.717, 1.165) is 28.2 Å². The number of nitrogens with zero attached hydrogens (tertiary/aromatic N) is 2. The summed E-state index contributed by atoms with van der Waals surface area (Å²) in [5.74, 6) is -0.337. The molecule has 6 heteroatoms. The summed E-state index contributed by atoms with van der Waals surface area (Å²) in [6.45, 7) is 2.36. The highest BCUT2D eigenvalue weighted by Gasteiger charge is 2.10. The zero-order valence-electron chi connectivity index (χ0n) is 12.0. The van der Waals surface area contributed by atoms with Crippen LogP contribution in [0.15, 0.2) is 47.7 Å². The molecule has 110 valence electrons. The maximum absolute atomic E-state index is 12.1. The zero-order chi connectivity index (χ0) is 15.5. The number of H-pyrrole nitrogens is 1. The van der Waals surface area contributed by atoms with Gasteiger partial charge in [0.15, 0.2) is 0 Å². The number of carbonyl (C=O) groups excluding carboxylic acids is 1. The lowest BCUT2D eigenvalue weighted by molar-refractivity contribution is 0.0945. The Morgan fingerprint density at radius 3 is 2.91 bits per heavy atom. The van der Waals surface area contributed by atoms with Gasteiger partial charge in [0.2, 0.25) is 0 Å². The Morgan fingerprint density at radius 2 is 2.14 bits per heavy atom. The summed E-state index contributed by atoms with van der Waals surface area (Å²) in [6.07, 6.45) is 4.13. The van der Waals surface area contributed by atoms with Gasteiger partial charge in [-0.05, 0) is 30.2 Å². The van der Waals surface area contributed by atoms with E-state index in [4.69, 9.17) is 0 Å². The van der Waals surface area contributed by atoms with E-state index in [-0.39, 0.29) is 17.2 Å². The van der Waals surface area contributed by atoms with Crippen LogP contribution >= 0.6 is 0 Å². The molecule has 0 unspecified atom stereocenters. The first-order valence-electron chi connectivity index (χ1n) is 6.81. The number of amides is 1. The molecule has 0 aliphatic heterocycles. The number of aromatic nitrogens is 3. The first-order chi connectivity index (χ1) is 10.6. The van der Waals surface area contributed by atoms with Gasteiger partial charge >= 0.3 is 0 Å². The Kier molecular flexibility index (Phi) is 3.65. The van der Waals surface area contributed by atoms with E-state index in [0.29, 0.717) is 6.54 Å². The molecule has 0 spiro atoms. The summed E-state index contributed by atoms with van der Waals surface area (Å²) in [4.78, 5) is 33.6. The second kappa shape index (κ2) is 5.77. The van der Waals surface area contributed by atoms with E-state index < -0.39 is 0 Å². The maximum atomic E-state index is 12.1. The third-order valence-corrected chi connectivity index (χ3v) is 3.46. The topological polar surface area (TPSA) is 87.7 Å². The summed E-state index contributed by atoms with van der Waals surface area (Å²) in [6, 6.07) is 7.79. The lowest BCUT2D eigenvalue weighted by atomic mass is 10.0. The lowest BCUT2D eigenvalue weighted by Crippen LogP contribution is -2.25. The molecule has 2 N–H and O–H groups in total. The number of aromatic amines is 1. The fraction of sp³-hybridized carbons (Fsp3) is 0.125. The van der Waals surface area contributed by atoms with Crippen molar-refractivity contribution in [3.63, 3.8) is 0 Å². The van der Waals surface area contributed by atoms with Crippen molar-refractivity contribution in [3.8, 4) is 0 Å². The molecule has 0 saturated carbocycles. The molecule has 0 aliphatic rings. The van der Waals surface area contributed by atoms with Gasteiger partial charge in [-0.25, -0.2) is 4.98 Å². The average Bonchev–Trinajstić information content (AvgIpc) is 2.54. The summed E-state index contributed by atoms with van der Waals surface area (Å²) in [5, 5.41) is 3.83. The van der Waals surface area contributed by atoms with E-state index >= 15 is 0 Å². The molecule has 22 heavy (non-hydrogen) atoms. The second-order valence-corrected chi connectivity index (χ2v) is 4.91. The third-order valence-electron chi connectivity index (χ3n) is 3.46. The maximum Gasteiger partial charge on any atom is 0.271 e. The summed E-state index contributed by atoms with van der Waals surface area (Å²) < 4.78 is 0. The van der Waals surface area contributed by atoms with Gasteiger partial charge in [-0.1, -0.05) is 12.1 Å². The number of hydrogen-bond donors (Lipinski definition) is 2. The molecular weight excluding hydrogens is 280 g/mol. The molecular formula is C16H14N4O2. The smallest absolute Gasteiger partial charge is 0.271 e. The monoisotopic (exact) mass is 294 g/mol. The minimum absolute atomic E-state index is 0.176. The molecule has 1 amide bonds. The van der Waals surface area contributed by atoms with Gasteiger partial charge < -0.3 is 10.3 Å². The molecule has 3 aromatic rings. The fourth-order valence-corrected chi connectivity index (χ4v) is 2.28. The number of nitrogens with one attached hydrogen (secondary N) is 2. The number of fused-ring (bicyclic) bond motifs is 1. The van der Waals surface area contributed by atoms with Crippen molar-refractivity contribution in [2.24, 2.45) is 0 Å². The molecule has 0 atom stereocenters. The largest absolute Gasteiger partial charge is 0.347 e. The third kappa shape index (κ3) is 2.71. The van der Waals surface area contributed by atoms with Crippen molar-refractivity contribution in [2.75, 3.05) is 0 Å². The Bertz CT molecular complexity index is 882. The Balaban J connectivity index is 1.85. The number of rotatable bonds is 3. The van der Waals surface area contributed by atoms with Gasteiger partial charge in [0.1, 0.15) is 5.69 Å². The van der Waals surface area contributed by atoms with Crippen LogP contribution in [0, 0.1) is 6.92 Å². The summed E-state index contributed by atoms with van der Waals surface area (Å²) in [7, 11) is 0. The second-order valence-electron chi connectivity index (χ2n) is 4.91. The predicted molar refractivity (Wildman–Crippen MR) is 82.5 cm³/mol. The van der Waals surface area contributed by atoms with Gasteiger partial charge in [-0.15, -0.1) is 0 Å². The van der Waals surface area contributed by atoms with Gasteiger partial charge in [0, 0.05) is 24.3 Å². The Morgan fingerprint density at radius 1 is 1.27 bits per heavy atom. The van der Waals surface area contributed by atoms with Gasteiger partial charge in [0.05, 0.1) is 11.7 Å². The van der Waals surface area contributed by atoms with Crippen molar-refractivity contribution in [2.45, 2.75) is 13.5 Å². The summed E-state index contributed by atoms with van der Waals surface area (Å²) in [5.41, 5.74) is 2.82. The van der Waals surface area contributed by atoms with Crippen LogP contribution in [0.3, 0.4) is 0 Å². The summed E-state index contributed by atoms with van der Waals surface area (Å²) >= 11 is 0. The molecule has 0 aliphatic carbocycles. The van der Waals surface area contributed by atoms with E-state index in [1.165, 1.54) is 6.20 Å². The van der Waals surface area contributed by atoms with Crippen LogP contribution in [0.4, 0.5) is 0 Å². The van der Waals surface area contributed by atoms with E-state index in [1.54, 1.807) is 6.20 Å². The highest BCUT2D eigenvalue weighted by Crippen LogP contribution is 2.20. The van der Waals surface area contributed by atoms with Crippen molar-refractivity contribution in [1.29, 1.82) is 0 Å². The van der Waals surface area contributed by atoms with Crippen LogP contribution in [0.5, 0.6) is 0 Å². The fourth-order valence-electron chi connectivity index (χ4n) is 2.28. The van der Waals surface area contributed by atoms with Crippen molar-refractivity contribution in [1.82, 2.24) is 20.3 Å². The van der Waals surface area contributed by atoms with E-state index in [1.807, 2.05) is 31.2 Å². The molecule has 0 radical (unpaired) electrons. The van der Waals surface area contributed by atoms with Gasteiger partial charge in [0.25, 0.3) is 11.5 Å². The minimum atomic E-state index is -0.340. The molecule has 0 bridgehead atoms. The molecule has 0 fully saturated rings. The van der Waals surface area contributed by atoms with E-state index in [9.17, 15) is 9.59 Å². The van der Waals surface area contributed by atoms with Crippen molar-refractivity contribution >= 4 is 16.8 Å². The normalized spacial score (nSPS) is 10.6. The van der Waals surface area contributed by atoms with Crippen LogP contribution in [-0.2, 0) is 6.54 Å². The Labute approximate surface area is 126 Å². The molecule has 6 nitrogen and oxygen atoms in total. The first-order valence-corrected chi connectivity index (χ1v) is 6.81. The first kappa shape index (κ1) is 13.9. The molecule has 2 heterocycles. The van der Waals surface area contributed by atoms with Gasteiger partial charge in [-0.2, -0.15) is 0 Å². The molecule has 1 aromatic carbocycles. The number of benzene rings is 1. The number of hydrogen-bond acceptors (Lipinski definition) is 4. The van der Waals surface area contributed by atoms with Crippen LogP contribution in [0.1, 0.15) is 21.6 Å². The molecule has 2 aromatic heterocycles. The van der Waals surface area contributed by atoms with Gasteiger partial charge in [-0.3, -0.25) is 14.6 Å². The van der Waals surface area contributed by atoms with E-state index in [2.05, 4.69) is 20.3 Å². The number of pyridine rings is 1. The average molecular weight is 294 g/mol. The molecule has 0 saturated heterocycles. The van der Waals surface area contributed by atoms with Crippen LogP contribution in [0.2, 0.25) is 0 Å². The van der Waals surface area contributed by atoms with Crippen LogP contribution in [-0.4, -0.2) is 20.9 Å². The highest BCUT2D eigenvalue weighted by molar-refractivity contribution is 5.92. The van der Waals surface area contributed by atoms with Crippen molar-refractivity contribution < 1.29 is 4.79 Å². The zero-order valence-corrected chi connectivity index (χ0v) is 12.0. The standard InChI is InChI=1S/C16H14N4O2/c1-10-4-5-13-11(3-2-6-17-13)12(10)7-20-16(22)14-8-19-15(21)9-18-14/h2-6,8-9H,7H2,1H3,(H,19,21)(H,20,22). The quantitative estimate of drug-likeness (QED) is 0.767. The van der Waals surface area contributed by atoms with Crippen LogP contribution in [0.25, 0.3) is 10.9 Å². The predicted octanol–water partition coefficient (Wildman–Crippen LogP) is 1.56. The van der Waals surface area contributed by atoms with Crippen LogP contribution < -0.4 is 10.9 Å². The lowest BCUT2D eigenvalue weighted by Gasteiger charge is -2.11. The number of carbonyl (C=O) groups is 1. The Hall–Kier alpha value is -3.02. The molecule has 3 rings (SSSR count).